The molecule has 1 aliphatic carbocycles. The van der Waals surface area contributed by atoms with Gasteiger partial charge >= 0.3 is 11.9 Å². The third kappa shape index (κ3) is 4.33. The molecule has 1 aromatic carbocycles. The maximum atomic E-state index is 12.1. The van der Waals surface area contributed by atoms with Gasteiger partial charge in [-0.3, -0.25) is 22.9 Å². The van der Waals surface area contributed by atoms with Gasteiger partial charge in [0.2, 0.25) is 0 Å². The van der Waals surface area contributed by atoms with Crippen LogP contribution < -0.4 is 34.4 Å². The highest BCUT2D eigenvalue weighted by atomic mass is 35.5. The monoisotopic (exact) mass is 657 g/mol. The Hall–Kier alpha value is -2.13. The normalized spacial score (nSPS) is 28.5. The zero-order chi connectivity index (χ0) is 34.7. The molecule has 0 bridgehead atoms. The van der Waals surface area contributed by atoms with Gasteiger partial charge in [0.05, 0.1) is 11.3 Å². The number of nitrogens with two attached hydrogens (primary N) is 6. The molecule has 25 nitrogen and oxygen atoms in total. The highest BCUT2D eigenvalue weighted by molar-refractivity contribution is 6.35. The smallest absolute Gasteiger partial charge is 0.303 e. The molecule has 0 aliphatic heterocycles. The number of nitrogens with zero attached hydrogens (tertiary/aromatic N) is 1. The molecule has 0 saturated heterocycles. The molecule has 30 N–H and O–H groups in total. The molecule has 0 radical (unpaired) electrons. The largest absolute Gasteiger partial charge is 0.505 e. The fourth-order valence-electron chi connectivity index (χ4n) is 5.31. The van der Waals surface area contributed by atoms with Crippen LogP contribution in [-0.2, 0) is 5.41 Å². The Morgan fingerprint density at radius 3 is 1.30 bits per heavy atom. The summed E-state index contributed by atoms with van der Waals surface area (Å²) in [6.45, 7) is 0. The molecule has 26 heteroatoms. The van der Waals surface area contributed by atoms with E-state index in [9.17, 15) is 91.9 Å². The molecule has 3 atom stereocenters. The van der Waals surface area contributed by atoms with Crippen molar-refractivity contribution < 1.29 is 91.9 Å². The maximum Gasteiger partial charge on any atom is 0.303 e. The summed E-state index contributed by atoms with van der Waals surface area (Å²) in [7, 11) is 0. The van der Waals surface area contributed by atoms with E-state index in [1.807, 2.05) is 0 Å². The van der Waals surface area contributed by atoms with Crippen molar-refractivity contribution in [2.24, 2.45) is 28.7 Å². The topological polar surface area (TPSA) is 524 Å². The van der Waals surface area contributed by atoms with Crippen molar-refractivity contribution in [2.75, 3.05) is 5.73 Å². The molecule has 0 heterocycles. The average Bonchev–Trinajstić information content (AvgIpc) is 2.74. The molecule has 0 amide bonds. The lowest BCUT2D eigenvalue weighted by molar-refractivity contribution is -0.536. The molecule has 43 heavy (non-hydrogen) atoms. The van der Waals surface area contributed by atoms with Crippen LogP contribution in [0.4, 0.5) is 5.69 Å². The van der Waals surface area contributed by atoms with Crippen molar-refractivity contribution in [1.29, 1.82) is 0 Å². The van der Waals surface area contributed by atoms with Crippen molar-refractivity contribution in [2.45, 2.75) is 64.4 Å². The van der Waals surface area contributed by atoms with Gasteiger partial charge in [-0.15, -0.1) is 4.90 Å². The first kappa shape index (κ1) is 37.1. The van der Waals surface area contributed by atoms with Gasteiger partial charge in [-0.2, -0.15) is 0 Å². The number of aromatic hydroxyl groups is 3. The van der Waals surface area contributed by atoms with Crippen LogP contribution in [0.5, 0.6) is 17.2 Å². The molecule has 250 valence electrons. The van der Waals surface area contributed by atoms with Crippen LogP contribution >= 0.6 is 11.6 Å². The lowest BCUT2D eigenvalue weighted by atomic mass is 9.42. The number of rotatable bonds is 9. The first-order chi connectivity index (χ1) is 18.5. The van der Waals surface area contributed by atoms with Gasteiger partial charge in [0, 0.05) is 6.42 Å². The molecule has 3 unspecified atom stereocenters. The number of phenols is 3. The SMILES string of the molecule is Nc1c(O)c(C2(C(O)(CC(N)(C(O)(O)O)C(O)(O)O)N(C(N)(O)O)C(N)(O)O)C(N)(O)C(O)(O)C2(N)O)c(O)c(O)c1Cl. The van der Waals surface area contributed by atoms with Gasteiger partial charge in [-0.05, 0) is 0 Å². The third-order valence-electron chi connectivity index (χ3n) is 7.33. The fourth-order valence-corrected chi connectivity index (χ4v) is 5.49. The van der Waals surface area contributed by atoms with E-state index in [1.54, 1.807) is 0 Å². The Morgan fingerprint density at radius 2 is 1.00 bits per heavy atom. The standard InChI is InChI=1S/C17H32ClN7O18/c18-3-4(19)5(26)2(6(27)7(3)28)10(11(21,30)13(32,33)12(10,22)31)9(29,25(16(23,40)41)17(24,42)43)1-8(20,14(34,35)36)15(37,38)39/h26-43H,1,19-24H2. The Labute approximate surface area is 241 Å². The Balaban J connectivity index is 3.55. The van der Waals surface area contributed by atoms with E-state index in [0.29, 0.717) is 0 Å². The van der Waals surface area contributed by atoms with Crippen molar-refractivity contribution in [3.8, 4) is 17.2 Å². The number of halogens is 1. The van der Waals surface area contributed by atoms with Gasteiger partial charge < -0.3 is 103 Å². The zero-order valence-electron chi connectivity index (χ0n) is 21.0. The summed E-state index contributed by atoms with van der Waals surface area (Å²) in [5.41, 5.74) is 4.56. The van der Waals surface area contributed by atoms with Crippen molar-refractivity contribution in [3.63, 3.8) is 0 Å². The maximum absolute atomic E-state index is 12.1. The van der Waals surface area contributed by atoms with Crippen LogP contribution in [0.1, 0.15) is 12.0 Å². The average molecular weight is 658 g/mol. The summed E-state index contributed by atoms with van der Waals surface area (Å²) < 4.78 is 0. The number of aliphatic hydroxyl groups is 15. The second kappa shape index (κ2) is 9.44. The summed E-state index contributed by atoms with van der Waals surface area (Å²) >= 11 is 5.65. The van der Waals surface area contributed by atoms with Gasteiger partial charge in [0.15, 0.2) is 34.2 Å². The third-order valence-corrected chi connectivity index (χ3v) is 7.71. The second-order valence-electron chi connectivity index (χ2n) is 10.0. The van der Waals surface area contributed by atoms with Crippen LogP contribution in [0.15, 0.2) is 0 Å². The second-order valence-corrected chi connectivity index (χ2v) is 10.4. The lowest BCUT2D eigenvalue weighted by Crippen LogP contribution is -3.05. The molecule has 1 aliphatic rings. The first-order valence-corrected chi connectivity index (χ1v) is 11.2. The first-order valence-electron chi connectivity index (χ1n) is 10.8. The number of phenolic OH excluding ortho intramolecular Hbond substituents is 3. The molecule has 0 aromatic heterocycles. The number of nitrogen functional groups attached to an aromatic ring is 1. The summed E-state index contributed by atoms with van der Waals surface area (Å²) in [5.74, 6) is -20.4. The van der Waals surface area contributed by atoms with Gasteiger partial charge in [0.25, 0.3) is 17.9 Å². The quantitative estimate of drug-likeness (QED) is 0.0507. The number of anilines is 1. The molecular formula is C17H32ClN7O18. The minimum Gasteiger partial charge on any atom is -0.505 e. The Kier molecular flexibility index (Phi) is 8.14. The summed E-state index contributed by atoms with van der Waals surface area (Å²) in [4.78, 5) is -1.49. The Morgan fingerprint density at radius 1 is 0.651 bits per heavy atom. The fraction of sp³-hybridized carbons (Fsp3) is 0.647. The summed E-state index contributed by atoms with van der Waals surface area (Å²) in [6, 6.07) is -9.51. The van der Waals surface area contributed by atoms with Crippen molar-refractivity contribution in [1.82, 2.24) is 4.90 Å². The van der Waals surface area contributed by atoms with Crippen molar-refractivity contribution in [3.05, 3.63) is 10.6 Å². The molecule has 2 rings (SSSR count). The highest BCUT2D eigenvalue weighted by Gasteiger charge is 2.96. The summed E-state index contributed by atoms with van der Waals surface area (Å²) in [5, 5.41) is 186. The molecule has 1 fully saturated rings. The predicted molar refractivity (Wildman–Crippen MR) is 128 cm³/mol. The van der Waals surface area contributed by atoms with Crippen LogP contribution in [0, 0.1) is 0 Å². The zero-order valence-corrected chi connectivity index (χ0v) is 21.8. The van der Waals surface area contributed by atoms with Crippen LogP contribution in [0.25, 0.3) is 0 Å². The summed E-state index contributed by atoms with van der Waals surface area (Å²) in [6.07, 6.45) is -2.94. The molecular weight excluding hydrogens is 626 g/mol. The van der Waals surface area contributed by atoms with E-state index in [-0.39, 0.29) is 0 Å². The van der Waals surface area contributed by atoms with E-state index in [1.165, 1.54) is 0 Å². The molecule has 0 spiro atoms. The van der Waals surface area contributed by atoms with E-state index in [2.05, 4.69) is 0 Å². The number of hydrogen-bond acceptors (Lipinski definition) is 25. The number of benzene rings is 1. The number of hydrogen-bond donors (Lipinski definition) is 24. The lowest BCUT2D eigenvalue weighted by Gasteiger charge is -2.75. The van der Waals surface area contributed by atoms with Crippen molar-refractivity contribution >= 4 is 17.3 Å². The Bertz CT molecular complexity index is 1210. The molecule has 1 saturated carbocycles. The van der Waals surface area contributed by atoms with Crippen LogP contribution in [0.3, 0.4) is 0 Å². The van der Waals surface area contributed by atoms with Gasteiger partial charge in [-0.1, -0.05) is 11.6 Å². The molecule has 1 aromatic rings. The predicted octanol–water partition coefficient (Wildman–Crippen LogP) is -12.3. The van der Waals surface area contributed by atoms with E-state index < -0.39 is 103 Å². The van der Waals surface area contributed by atoms with Crippen LogP contribution in [-0.4, -0.2) is 149 Å². The van der Waals surface area contributed by atoms with Gasteiger partial charge in [-0.25, -0.2) is 0 Å². The van der Waals surface area contributed by atoms with Crippen LogP contribution in [0.2, 0.25) is 5.02 Å². The van der Waals surface area contributed by atoms with E-state index in [4.69, 9.17) is 46.0 Å². The minimum atomic E-state index is -5.14. The van der Waals surface area contributed by atoms with Gasteiger partial charge in [0.1, 0.15) is 16.2 Å². The highest BCUT2D eigenvalue weighted by Crippen LogP contribution is 2.70. The minimum absolute atomic E-state index is 1.20. The van der Waals surface area contributed by atoms with E-state index >= 15 is 0 Å². The van der Waals surface area contributed by atoms with E-state index in [0.717, 1.165) is 0 Å².